The van der Waals surface area contributed by atoms with Gasteiger partial charge in [-0.05, 0) is 41.5 Å². The van der Waals surface area contributed by atoms with Gasteiger partial charge in [0, 0.05) is 17.0 Å². The number of fused-ring (bicyclic) bond motifs is 1. The highest BCUT2D eigenvalue weighted by atomic mass is 35.5. The summed E-state index contributed by atoms with van der Waals surface area (Å²) in [6.07, 6.45) is -2.76. The van der Waals surface area contributed by atoms with Crippen molar-refractivity contribution in [3.63, 3.8) is 0 Å². The molecule has 13 heteroatoms. The van der Waals surface area contributed by atoms with Gasteiger partial charge in [0.25, 0.3) is 0 Å². The molecule has 4 aromatic rings. The Labute approximate surface area is 210 Å². The molecule has 2 N–H and O–H groups in total. The molecule has 36 heavy (non-hydrogen) atoms. The number of alkyl halides is 3. The van der Waals surface area contributed by atoms with Crippen LogP contribution in [0, 0.1) is 5.82 Å². The average molecular weight is 542 g/mol. The van der Waals surface area contributed by atoms with Crippen LogP contribution in [-0.2, 0) is 28.1 Å². The van der Waals surface area contributed by atoms with E-state index in [4.69, 9.17) is 31.4 Å². The summed E-state index contributed by atoms with van der Waals surface area (Å²) in [4.78, 5) is 27.1. The fourth-order valence-electron chi connectivity index (χ4n) is 3.00. The Kier molecular flexibility index (Phi) is 8.53. The first-order valence-corrected chi connectivity index (χ1v) is 11.3. The molecule has 0 atom stereocenters. The van der Waals surface area contributed by atoms with Crippen molar-refractivity contribution < 1.29 is 37.4 Å². The Morgan fingerprint density at radius 2 is 1.75 bits per heavy atom. The minimum absolute atomic E-state index is 0.279. The number of rotatable bonds is 5. The predicted molar refractivity (Wildman–Crippen MR) is 124 cm³/mol. The standard InChI is InChI=1S/C21H14ClF4N3S.C2H2O4/c22-17-10-16(23)7-6-14(17)11-29-19-18(5-2-8-27-19)28-20(29)30-12-13-3-1-4-15(9-13)21(24,25)26;3-1(4)2(5)6/h1-10H,11-12H2;(H,3,4)(H,5,6). The molecule has 0 unspecified atom stereocenters. The lowest BCUT2D eigenvalue weighted by atomic mass is 10.1. The number of pyridine rings is 1. The second kappa shape index (κ2) is 11.4. The highest BCUT2D eigenvalue weighted by molar-refractivity contribution is 7.98. The third kappa shape index (κ3) is 6.95. The van der Waals surface area contributed by atoms with E-state index in [1.54, 1.807) is 30.5 Å². The zero-order chi connectivity index (χ0) is 26.5. The number of halogens is 5. The molecule has 0 saturated carbocycles. The first kappa shape index (κ1) is 27.0. The maximum absolute atomic E-state index is 13.4. The van der Waals surface area contributed by atoms with Crippen molar-refractivity contribution >= 4 is 46.5 Å². The van der Waals surface area contributed by atoms with Gasteiger partial charge in [-0.15, -0.1) is 0 Å². The fourth-order valence-corrected chi connectivity index (χ4v) is 4.17. The van der Waals surface area contributed by atoms with Gasteiger partial charge in [-0.1, -0.05) is 47.6 Å². The van der Waals surface area contributed by atoms with Gasteiger partial charge in [-0.2, -0.15) is 13.2 Å². The number of hydrogen-bond acceptors (Lipinski definition) is 5. The van der Waals surface area contributed by atoms with Crippen LogP contribution < -0.4 is 0 Å². The predicted octanol–water partition coefficient (Wildman–Crippen LogP) is 5.74. The van der Waals surface area contributed by atoms with Crippen molar-refractivity contribution in [3.8, 4) is 0 Å². The smallest absolute Gasteiger partial charge is 0.416 e. The molecule has 0 saturated heterocycles. The van der Waals surface area contributed by atoms with Crippen LogP contribution in [0.3, 0.4) is 0 Å². The average Bonchev–Trinajstić information content (AvgIpc) is 3.17. The number of aromatic nitrogens is 3. The number of carbonyl (C=O) groups is 2. The topological polar surface area (TPSA) is 105 Å². The van der Waals surface area contributed by atoms with E-state index in [1.807, 2.05) is 4.57 Å². The van der Waals surface area contributed by atoms with Gasteiger partial charge in [0.2, 0.25) is 0 Å². The molecule has 2 aromatic carbocycles. The van der Waals surface area contributed by atoms with Gasteiger partial charge in [0.05, 0.1) is 12.1 Å². The highest BCUT2D eigenvalue weighted by Gasteiger charge is 2.30. The van der Waals surface area contributed by atoms with E-state index in [-0.39, 0.29) is 5.02 Å². The molecule has 0 fully saturated rings. The molecule has 0 amide bonds. The van der Waals surface area contributed by atoms with Gasteiger partial charge >= 0.3 is 18.1 Å². The number of nitrogens with zero attached hydrogens (tertiary/aromatic N) is 3. The summed E-state index contributed by atoms with van der Waals surface area (Å²) in [7, 11) is 0. The van der Waals surface area contributed by atoms with Gasteiger partial charge in [0.15, 0.2) is 10.8 Å². The van der Waals surface area contributed by atoms with E-state index in [1.165, 1.54) is 30.0 Å². The number of benzene rings is 2. The number of carboxylic acid groups (broad SMARTS) is 2. The normalized spacial score (nSPS) is 11.1. The quantitative estimate of drug-likeness (QED) is 0.189. The number of imidazole rings is 1. The number of carboxylic acids is 2. The van der Waals surface area contributed by atoms with Crippen LogP contribution in [0.25, 0.3) is 11.2 Å². The molecular formula is C23H16ClF4N3O4S. The SMILES string of the molecule is Fc1ccc(Cn2c(SCc3cccc(C(F)(F)F)c3)nc3cccnc32)c(Cl)c1.O=C(O)C(=O)O. The van der Waals surface area contributed by atoms with Crippen LogP contribution in [-0.4, -0.2) is 36.7 Å². The molecule has 0 spiro atoms. The van der Waals surface area contributed by atoms with Crippen molar-refractivity contribution in [2.45, 2.75) is 23.6 Å². The lowest BCUT2D eigenvalue weighted by molar-refractivity contribution is -0.159. The maximum atomic E-state index is 13.4. The minimum Gasteiger partial charge on any atom is -0.473 e. The summed E-state index contributed by atoms with van der Waals surface area (Å²) in [6.45, 7) is 0.303. The van der Waals surface area contributed by atoms with E-state index in [9.17, 15) is 17.6 Å². The lowest BCUT2D eigenvalue weighted by Gasteiger charge is -2.11. The lowest BCUT2D eigenvalue weighted by Crippen LogP contribution is -2.09. The van der Waals surface area contributed by atoms with E-state index < -0.39 is 29.5 Å². The molecule has 4 rings (SSSR count). The van der Waals surface area contributed by atoms with E-state index in [2.05, 4.69) is 9.97 Å². The highest BCUT2D eigenvalue weighted by Crippen LogP contribution is 2.32. The largest absolute Gasteiger partial charge is 0.473 e. The van der Waals surface area contributed by atoms with Crippen LogP contribution >= 0.6 is 23.4 Å². The molecule has 0 aliphatic carbocycles. The molecule has 0 aliphatic heterocycles. The van der Waals surface area contributed by atoms with Crippen LogP contribution in [0.2, 0.25) is 5.02 Å². The second-order valence-corrected chi connectivity index (χ2v) is 8.51. The van der Waals surface area contributed by atoms with Crippen molar-refractivity contribution in [1.82, 2.24) is 14.5 Å². The third-order valence-corrected chi connectivity index (χ3v) is 6.02. The maximum Gasteiger partial charge on any atom is 0.416 e. The molecule has 2 heterocycles. The van der Waals surface area contributed by atoms with Gasteiger partial charge < -0.3 is 10.2 Å². The molecule has 0 radical (unpaired) electrons. The number of aliphatic carboxylic acids is 2. The van der Waals surface area contributed by atoms with E-state index in [0.717, 1.165) is 12.1 Å². The Morgan fingerprint density at radius 1 is 1.03 bits per heavy atom. The van der Waals surface area contributed by atoms with Gasteiger partial charge in [-0.25, -0.2) is 23.9 Å². The Bertz CT molecular complexity index is 1400. The molecule has 0 aliphatic rings. The molecule has 7 nitrogen and oxygen atoms in total. The van der Waals surface area contributed by atoms with Crippen LogP contribution in [0.15, 0.2) is 66.0 Å². The van der Waals surface area contributed by atoms with Crippen molar-refractivity contribution in [2.75, 3.05) is 0 Å². The fraction of sp³-hybridized carbons (Fsp3) is 0.130. The Morgan fingerprint density at radius 3 is 2.39 bits per heavy atom. The summed E-state index contributed by atoms with van der Waals surface area (Å²) < 4.78 is 54.1. The molecular weight excluding hydrogens is 526 g/mol. The number of thioether (sulfide) groups is 1. The van der Waals surface area contributed by atoms with Gasteiger partial charge in [0.1, 0.15) is 11.3 Å². The number of hydrogen-bond donors (Lipinski definition) is 2. The summed E-state index contributed by atoms with van der Waals surface area (Å²) >= 11 is 7.48. The monoisotopic (exact) mass is 541 g/mol. The summed E-state index contributed by atoms with van der Waals surface area (Å²) in [6, 6.07) is 12.9. The van der Waals surface area contributed by atoms with Crippen LogP contribution in [0.4, 0.5) is 17.6 Å². The zero-order valence-electron chi connectivity index (χ0n) is 18.0. The first-order valence-electron chi connectivity index (χ1n) is 9.96. The van der Waals surface area contributed by atoms with Gasteiger partial charge in [-0.3, -0.25) is 4.57 Å². The van der Waals surface area contributed by atoms with Crippen LogP contribution in [0.1, 0.15) is 16.7 Å². The Balaban J connectivity index is 0.000000538. The minimum atomic E-state index is -4.39. The molecule has 0 bridgehead atoms. The van der Waals surface area contributed by atoms with E-state index >= 15 is 0 Å². The first-order chi connectivity index (χ1) is 17.0. The van der Waals surface area contributed by atoms with Crippen LogP contribution in [0.5, 0.6) is 0 Å². The summed E-state index contributed by atoms with van der Waals surface area (Å²) in [5, 5.41) is 15.6. The van der Waals surface area contributed by atoms with Crippen molar-refractivity contribution in [1.29, 1.82) is 0 Å². The second-order valence-electron chi connectivity index (χ2n) is 7.16. The molecule has 2 aromatic heterocycles. The van der Waals surface area contributed by atoms with Crippen molar-refractivity contribution in [3.05, 3.63) is 88.3 Å². The Hall–Kier alpha value is -3.64. The van der Waals surface area contributed by atoms with Crippen molar-refractivity contribution in [2.24, 2.45) is 0 Å². The summed E-state index contributed by atoms with van der Waals surface area (Å²) in [5.41, 5.74) is 1.80. The molecule has 188 valence electrons. The zero-order valence-corrected chi connectivity index (χ0v) is 19.6. The third-order valence-electron chi connectivity index (χ3n) is 4.62. The summed E-state index contributed by atoms with van der Waals surface area (Å²) in [5.74, 6) is -3.79. The van der Waals surface area contributed by atoms with E-state index in [0.29, 0.717) is 39.7 Å².